The number of carbonyl (C=O) groups excluding carboxylic acids is 1. The molecule has 0 radical (unpaired) electrons. The topological polar surface area (TPSA) is 53.2 Å². The number of amides is 1. The van der Waals surface area contributed by atoms with E-state index < -0.39 is 0 Å². The summed E-state index contributed by atoms with van der Waals surface area (Å²) in [6, 6.07) is 0.793. The van der Waals surface area contributed by atoms with Crippen LogP contribution in [-0.2, 0) is 4.79 Å². The molecule has 2 saturated heterocycles. The van der Waals surface area contributed by atoms with E-state index in [0.717, 1.165) is 13.0 Å². The van der Waals surface area contributed by atoms with E-state index >= 15 is 0 Å². The van der Waals surface area contributed by atoms with Gasteiger partial charge in [0, 0.05) is 18.6 Å². The van der Waals surface area contributed by atoms with Gasteiger partial charge < -0.3 is 5.32 Å². The van der Waals surface area contributed by atoms with Gasteiger partial charge in [0.1, 0.15) is 0 Å². The number of hydrogen-bond acceptors (Lipinski definition) is 3. The molecule has 4 nitrogen and oxygen atoms in total. The van der Waals surface area contributed by atoms with Crippen molar-refractivity contribution in [2.24, 2.45) is 11.8 Å². The maximum Gasteiger partial charge on any atom is 0.240 e. The van der Waals surface area contributed by atoms with Crippen molar-refractivity contribution in [2.45, 2.75) is 50.6 Å². The van der Waals surface area contributed by atoms with E-state index in [9.17, 15) is 4.79 Å². The Labute approximate surface area is 121 Å². The molecule has 4 unspecified atom stereocenters. The summed E-state index contributed by atoms with van der Waals surface area (Å²) in [7, 11) is 0. The zero-order chi connectivity index (χ0) is 13.8. The Hall–Kier alpha value is -1.13. The smallest absolute Gasteiger partial charge is 0.240 e. The van der Waals surface area contributed by atoms with Crippen LogP contribution in [0.4, 0.5) is 0 Å². The van der Waals surface area contributed by atoms with E-state index in [0.29, 0.717) is 18.0 Å². The van der Waals surface area contributed by atoms with E-state index in [1.165, 1.54) is 32.1 Å². The van der Waals surface area contributed by atoms with E-state index in [1.54, 1.807) is 0 Å². The predicted octanol–water partition coefficient (Wildman–Crippen LogP) is 1.66. The van der Waals surface area contributed by atoms with Crippen LogP contribution in [0.5, 0.6) is 0 Å². The molecule has 1 amide bonds. The van der Waals surface area contributed by atoms with Crippen molar-refractivity contribution in [3.63, 3.8) is 0 Å². The molecule has 3 rings (SSSR count). The highest BCUT2D eigenvalue weighted by molar-refractivity contribution is 5.81. The summed E-state index contributed by atoms with van der Waals surface area (Å²) in [4.78, 5) is 11.8. The van der Waals surface area contributed by atoms with Crippen molar-refractivity contribution in [1.29, 1.82) is 0 Å². The fourth-order valence-electron chi connectivity index (χ4n) is 3.75. The number of nitrogens with one attached hydrogen (secondary N) is 3. The molecule has 2 aliphatic heterocycles. The van der Waals surface area contributed by atoms with Crippen LogP contribution in [0.2, 0.25) is 0 Å². The average Bonchev–Trinajstić information content (AvgIpc) is 2.81. The molecular formula is C16H25N3O. The van der Waals surface area contributed by atoms with Gasteiger partial charge in [-0.05, 0) is 31.6 Å². The molecule has 20 heavy (non-hydrogen) atoms. The van der Waals surface area contributed by atoms with Crippen molar-refractivity contribution in [3.05, 3.63) is 24.3 Å². The first kappa shape index (κ1) is 13.8. The van der Waals surface area contributed by atoms with E-state index in [1.807, 2.05) is 0 Å². The summed E-state index contributed by atoms with van der Waals surface area (Å²) in [5.74, 6) is 0.805. The summed E-state index contributed by atoms with van der Waals surface area (Å²) in [5, 5.41) is 3.60. The molecule has 0 aromatic heterocycles. The molecule has 0 bridgehead atoms. The van der Waals surface area contributed by atoms with Gasteiger partial charge in [-0.15, -0.1) is 0 Å². The highest BCUT2D eigenvalue weighted by Gasteiger charge is 2.45. The van der Waals surface area contributed by atoms with Gasteiger partial charge in [-0.25, -0.2) is 5.43 Å². The van der Waals surface area contributed by atoms with Gasteiger partial charge >= 0.3 is 0 Å². The normalized spacial score (nSPS) is 38.3. The summed E-state index contributed by atoms with van der Waals surface area (Å²) in [5.41, 5.74) is 6.06. The highest BCUT2D eigenvalue weighted by Crippen LogP contribution is 2.31. The molecule has 1 aliphatic carbocycles. The molecule has 3 N–H and O–H groups in total. The van der Waals surface area contributed by atoms with Crippen molar-refractivity contribution < 1.29 is 4.79 Å². The molecule has 4 heteroatoms. The lowest BCUT2D eigenvalue weighted by atomic mass is 9.76. The average molecular weight is 275 g/mol. The van der Waals surface area contributed by atoms with Crippen molar-refractivity contribution in [3.8, 4) is 0 Å². The Morgan fingerprint density at radius 2 is 2.00 bits per heavy atom. The third kappa shape index (κ3) is 2.96. The van der Waals surface area contributed by atoms with E-state index in [-0.39, 0.29) is 11.8 Å². The molecule has 4 atom stereocenters. The Morgan fingerprint density at radius 1 is 1.10 bits per heavy atom. The summed E-state index contributed by atoms with van der Waals surface area (Å²) < 4.78 is 0. The highest BCUT2D eigenvalue weighted by atomic mass is 16.2. The van der Waals surface area contributed by atoms with Crippen LogP contribution in [0.15, 0.2) is 24.3 Å². The fraction of sp³-hybridized carbons (Fsp3) is 0.688. The number of piperidine rings is 1. The number of rotatable bonds is 0. The minimum absolute atomic E-state index is 0.105. The third-order valence-electron chi connectivity index (χ3n) is 4.89. The number of hydrogen-bond donors (Lipinski definition) is 3. The van der Waals surface area contributed by atoms with Crippen LogP contribution >= 0.6 is 0 Å². The molecule has 0 saturated carbocycles. The maximum atomic E-state index is 11.8. The van der Waals surface area contributed by atoms with Crippen molar-refractivity contribution in [1.82, 2.24) is 16.2 Å². The largest absolute Gasteiger partial charge is 0.312 e. The molecule has 0 aromatic carbocycles. The lowest BCUT2D eigenvalue weighted by molar-refractivity contribution is -0.123. The van der Waals surface area contributed by atoms with Crippen LogP contribution < -0.4 is 16.2 Å². The standard InChI is InChI=1S/C16H25N3O/c20-16-13-11-17-14-10-8-6-4-2-1-3-5-7-9-12(14)15(13)18-19-16/h2,4,6,8,12-15,17-18H,1,3,5,7,9-11H2,(H,19,20). The van der Waals surface area contributed by atoms with Crippen LogP contribution in [-0.4, -0.2) is 24.5 Å². The quantitative estimate of drug-likeness (QED) is 0.630. The summed E-state index contributed by atoms with van der Waals surface area (Å²) in [6.07, 6.45) is 16.1. The first-order valence-corrected chi connectivity index (χ1v) is 7.96. The number of fused-ring (bicyclic) bond motifs is 3. The first-order valence-electron chi connectivity index (χ1n) is 7.96. The van der Waals surface area contributed by atoms with E-state index in [2.05, 4.69) is 40.5 Å². The van der Waals surface area contributed by atoms with Crippen LogP contribution in [0.25, 0.3) is 0 Å². The zero-order valence-corrected chi connectivity index (χ0v) is 12.0. The van der Waals surface area contributed by atoms with Gasteiger partial charge in [-0.3, -0.25) is 10.2 Å². The third-order valence-corrected chi connectivity index (χ3v) is 4.89. The van der Waals surface area contributed by atoms with Gasteiger partial charge in [0.2, 0.25) is 5.91 Å². The van der Waals surface area contributed by atoms with Gasteiger partial charge in [-0.2, -0.15) is 0 Å². The number of carbonyl (C=O) groups is 1. The molecule has 2 heterocycles. The predicted molar refractivity (Wildman–Crippen MR) is 79.8 cm³/mol. The van der Waals surface area contributed by atoms with Crippen LogP contribution in [0, 0.1) is 11.8 Å². The second-order valence-corrected chi connectivity index (χ2v) is 6.17. The Morgan fingerprint density at radius 3 is 2.95 bits per heavy atom. The Kier molecular flexibility index (Phi) is 4.53. The second-order valence-electron chi connectivity index (χ2n) is 6.17. The van der Waals surface area contributed by atoms with Crippen LogP contribution in [0.3, 0.4) is 0 Å². The minimum atomic E-state index is 0.105. The first-order chi connectivity index (χ1) is 9.86. The number of hydrazine groups is 1. The fourth-order valence-corrected chi connectivity index (χ4v) is 3.75. The summed E-state index contributed by atoms with van der Waals surface area (Å²) in [6.45, 7) is 0.800. The molecular weight excluding hydrogens is 250 g/mol. The molecule has 0 spiro atoms. The van der Waals surface area contributed by atoms with Crippen molar-refractivity contribution in [2.75, 3.05) is 6.54 Å². The summed E-state index contributed by atoms with van der Waals surface area (Å²) >= 11 is 0. The van der Waals surface area contributed by atoms with Crippen LogP contribution in [0.1, 0.15) is 38.5 Å². The Bertz CT molecular complexity index is 405. The van der Waals surface area contributed by atoms with Gasteiger partial charge in [-0.1, -0.05) is 37.1 Å². The molecule has 110 valence electrons. The Balaban J connectivity index is 1.72. The lowest BCUT2D eigenvalue weighted by Crippen LogP contribution is -2.56. The monoisotopic (exact) mass is 275 g/mol. The second kappa shape index (κ2) is 6.55. The lowest BCUT2D eigenvalue weighted by Gasteiger charge is -2.39. The minimum Gasteiger partial charge on any atom is -0.312 e. The number of allylic oxidation sites excluding steroid dienone is 3. The molecule has 0 aromatic rings. The SMILES string of the molecule is O=C1NNC2C1CNC1CC=CC=CCCCCCC12. The maximum absolute atomic E-state index is 11.8. The zero-order valence-electron chi connectivity index (χ0n) is 12.0. The van der Waals surface area contributed by atoms with Crippen molar-refractivity contribution >= 4 is 5.91 Å². The van der Waals surface area contributed by atoms with Gasteiger partial charge in [0.05, 0.1) is 5.92 Å². The van der Waals surface area contributed by atoms with E-state index in [4.69, 9.17) is 0 Å². The molecule has 2 fully saturated rings. The van der Waals surface area contributed by atoms with Gasteiger partial charge in [0.15, 0.2) is 0 Å². The van der Waals surface area contributed by atoms with Gasteiger partial charge in [0.25, 0.3) is 0 Å². The molecule has 3 aliphatic rings.